The van der Waals surface area contributed by atoms with Gasteiger partial charge in [-0.25, -0.2) is 0 Å². The third kappa shape index (κ3) is 3.95. The van der Waals surface area contributed by atoms with Gasteiger partial charge in [0.1, 0.15) is 0 Å². The molecule has 2 nitrogen and oxygen atoms in total. The van der Waals surface area contributed by atoms with Crippen molar-refractivity contribution in [3.05, 3.63) is 0 Å². The first-order chi connectivity index (χ1) is 11.1. The van der Waals surface area contributed by atoms with Gasteiger partial charge in [0.05, 0.1) is 0 Å². The van der Waals surface area contributed by atoms with E-state index in [0.29, 0.717) is 5.41 Å². The summed E-state index contributed by atoms with van der Waals surface area (Å²) < 4.78 is 0. The van der Waals surface area contributed by atoms with Crippen molar-refractivity contribution in [2.75, 3.05) is 19.6 Å². The summed E-state index contributed by atoms with van der Waals surface area (Å²) in [6, 6.07) is 0.762. The Morgan fingerprint density at radius 3 is 2.43 bits per heavy atom. The molecule has 0 heterocycles. The van der Waals surface area contributed by atoms with Crippen molar-refractivity contribution in [2.45, 2.75) is 84.6 Å². The Morgan fingerprint density at radius 1 is 1.00 bits per heavy atom. The highest BCUT2D eigenvalue weighted by molar-refractivity contribution is 5.03. The first-order valence-corrected chi connectivity index (χ1v) is 10.6. The topological polar surface area (TPSA) is 24.1 Å². The van der Waals surface area contributed by atoms with Crippen LogP contribution in [-0.2, 0) is 0 Å². The number of nitrogens with one attached hydrogen (secondary N) is 2. The van der Waals surface area contributed by atoms with Crippen molar-refractivity contribution in [3.8, 4) is 0 Å². The summed E-state index contributed by atoms with van der Waals surface area (Å²) in [7, 11) is 0. The Kier molecular flexibility index (Phi) is 6.07. The van der Waals surface area contributed by atoms with E-state index in [0.717, 1.165) is 42.8 Å². The van der Waals surface area contributed by atoms with E-state index in [-0.39, 0.29) is 0 Å². The SMILES string of the molecule is CC[C@H](NCCNC[C@@H]1CCC2CC1C2(C)C)C1CCCCC1. The zero-order chi connectivity index (χ0) is 16.3. The molecule has 2 heteroatoms. The van der Waals surface area contributed by atoms with Crippen LogP contribution in [0.15, 0.2) is 0 Å². The van der Waals surface area contributed by atoms with Crippen LogP contribution >= 0.6 is 0 Å². The van der Waals surface area contributed by atoms with Crippen LogP contribution in [0.5, 0.6) is 0 Å². The average Bonchev–Trinajstić information content (AvgIpc) is 2.59. The second-order valence-corrected chi connectivity index (χ2v) is 9.27. The number of hydrogen-bond donors (Lipinski definition) is 2. The Bertz CT molecular complexity index is 357. The average molecular weight is 321 g/mol. The van der Waals surface area contributed by atoms with Gasteiger partial charge in [-0.3, -0.25) is 0 Å². The normalized spacial score (nSPS) is 34.8. The second kappa shape index (κ2) is 7.87. The molecule has 0 amide bonds. The lowest BCUT2D eigenvalue weighted by molar-refractivity contribution is -0.103. The fraction of sp³-hybridized carbons (Fsp3) is 1.00. The molecule has 0 radical (unpaired) electrons. The van der Waals surface area contributed by atoms with Gasteiger partial charge in [0, 0.05) is 19.1 Å². The van der Waals surface area contributed by atoms with Crippen LogP contribution in [0.3, 0.4) is 0 Å². The molecular formula is C21H40N2. The minimum atomic E-state index is 0.636. The zero-order valence-corrected chi connectivity index (χ0v) is 15.9. The minimum absolute atomic E-state index is 0.636. The number of rotatable bonds is 8. The Morgan fingerprint density at radius 2 is 1.78 bits per heavy atom. The van der Waals surface area contributed by atoms with E-state index in [9.17, 15) is 0 Å². The van der Waals surface area contributed by atoms with E-state index < -0.39 is 0 Å². The molecule has 4 saturated carbocycles. The van der Waals surface area contributed by atoms with Crippen molar-refractivity contribution >= 4 is 0 Å². The lowest BCUT2D eigenvalue weighted by Gasteiger charge is -2.60. The number of hydrogen-bond acceptors (Lipinski definition) is 2. The predicted molar refractivity (Wildman–Crippen MR) is 99.6 cm³/mol. The first kappa shape index (κ1) is 17.7. The molecule has 0 aliphatic heterocycles. The lowest BCUT2D eigenvalue weighted by Crippen LogP contribution is -2.54. The van der Waals surface area contributed by atoms with Crippen LogP contribution in [-0.4, -0.2) is 25.7 Å². The van der Waals surface area contributed by atoms with Gasteiger partial charge >= 0.3 is 0 Å². The molecule has 4 rings (SSSR count). The Balaban J connectivity index is 1.30. The van der Waals surface area contributed by atoms with Crippen molar-refractivity contribution < 1.29 is 0 Å². The lowest BCUT2D eigenvalue weighted by atomic mass is 9.45. The summed E-state index contributed by atoms with van der Waals surface area (Å²) in [6.07, 6.45) is 13.1. The van der Waals surface area contributed by atoms with E-state index in [1.807, 2.05) is 0 Å². The molecule has 134 valence electrons. The molecule has 4 aliphatic carbocycles. The van der Waals surface area contributed by atoms with E-state index in [4.69, 9.17) is 0 Å². The van der Waals surface area contributed by atoms with Crippen molar-refractivity contribution in [3.63, 3.8) is 0 Å². The van der Waals surface area contributed by atoms with Crippen LogP contribution in [0, 0.1) is 29.1 Å². The highest BCUT2D eigenvalue weighted by Gasteiger charge is 2.53. The predicted octanol–water partition coefficient (Wildman–Crippen LogP) is 4.60. The van der Waals surface area contributed by atoms with E-state index >= 15 is 0 Å². The second-order valence-electron chi connectivity index (χ2n) is 9.27. The maximum Gasteiger partial charge on any atom is 0.00932 e. The molecule has 2 bridgehead atoms. The molecule has 2 N–H and O–H groups in total. The molecule has 2 unspecified atom stereocenters. The van der Waals surface area contributed by atoms with Gasteiger partial charge in [0.25, 0.3) is 0 Å². The van der Waals surface area contributed by atoms with Crippen molar-refractivity contribution in [1.29, 1.82) is 0 Å². The largest absolute Gasteiger partial charge is 0.315 e. The summed E-state index contributed by atoms with van der Waals surface area (Å²) in [5.74, 6) is 3.91. The van der Waals surface area contributed by atoms with Crippen LogP contribution < -0.4 is 10.6 Å². The van der Waals surface area contributed by atoms with Crippen LogP contribution in [0.2, 0.25) is 0 Å². The molecule has 0 aromatic carbocycles. The van der Waals surface area contributed by atoms with Crippen LogP contribution in [0.25, 0.3) is 0 Å². The molecule has 4 fully saturated rings. The minimum Gasteiger partial charge on any atom is -0.315 e. The first-order valence-electron chi connectivity index (χ1n) is 10.6. The molecule has 23 heavy (non-hydrogen) atoms. The summed E-state index contributed by atoms with van der Waals surface area (Å²) in [6.45, 7) is 10.9. The summed E-state index contributed by atoms with van der Waals surface area (Å²) in [5, 5.41) is 7.62. The van der Waals surface area contributed by atoms with E-state index in [1.165, 1.54) is 64.3 Å². The van der Waals surface area contributed by atoms with Gasteiger partial charge in [-0.15, -0.1) is 0 Å². The van der Waals surface area contributed by atoms with E-state index in [1.54, 1.807) is 0 Å². The fourth-order valence-electron chi connectivity index (χ4n) is 6.02. The Labute approximate surface area is 144 Å². The maximum atomic E-state index is 3.85. The highest BCUT2D eigenvalue weighted by Crippen LogP contribution is 2.61. The van der Waals surface area contributed by atoms with Gasteiger partial charge in [-0.05, 0) is 74.2 Å². The van der Waals surface area contributed by atoms with Gasteiger partial charge in [-0.2, -0.15) is 0 Å². The van der Waals surface area contributed by atoms with E-state index in [2.05, 4.69) is 31.4 Å². The van der Waals surface area contributed by atoms with Gasteiger partial charge in [0.15, 0.2) is 0 Å². The summed E-state index contributed by atoms with van der Waals surface area (Å²) in [5.41, 5.74) is 0.636. The van der Waals surface area contributed by atoms with Crippen LogP contribution in [0.4, 0.5) is 0 Å². The highest BCUT2D eigenvalue weighted by atomic mass is 15.0. The van der Waals surface area contributed by atoms with Crippen molar-refractivity contribution in [1.82, 2.24) is 10.6 Å². The summed E-state index contributed by atoms with van der Waals surface area (Å²) >= 11 is 0. The molecular weight excluding hydrogens is 280 g/mol. The van der Waals surface area contributed by atoms with Gasteiger partial charge in [0.2, 0.25) is 0 Å². The third-order valence-corrected chi connectivity index (χ3v) is 7.77. The maximum absolute atomic E-state index is 3.85. The zero-order valence-electron chi connectivity index (χ0n) is 15.9. The molecule has 0 saturated heterocycles. The molecule has 0 aromatic heterocycles. The molecule has 0 spiro atoms. The summed E-state index contributed by atoms with van der Waals surface area (Å²) in [4.78, 5) is 0. The molecule has 4 atom stereocenters. The fourth-order valence-corrected chi connectivity index (χ4v) is 6.02. The molecule has 4 aliphatic rings. The monoisotopic (exact) mass is 320 g/mol. The van der Waals surface area contributed by atoms with Gasteiger partial charge < -0.3 is 10.6 Å². The molecule has 0 aromatic rings. The van der Waals surface area contributed by atoms with Crippen LogP contribution in [0.1, 0.15) is 78.6 Å². The van der Waals surface area contributed by atoms with Gasteiger partial charge in [-0.1, -0.05) is 40.0 Å². The number of fused-ring (bicyclic) bond motifs is 2. The smallest absolute Gasteiger partial charge is 0.00932 e. The Hall–Kier alpha value is -0.0800. The third-order valence-electron chi connectivity index (χ3n) is 7.77. The van der Waals surface area contributed by atoms with Crippen molar-refractivity contribution in [2.24, 2.45) is 29.1 Å². The quantitative estimate of drug-likeness (QED) is 0.639. The standard InChI is InChI=1S/C21H40N2/c1-4-20(16-8-6-5-7-9-16)23-13-12-22-15-17-10-11-18-14-19(17)21(18,2)3/h16-20,22-23H,4-15H2,1-3H3/t17-,18?,19?,20-/m0/s1.